The van der Waals surface area contributed by atoms with Crippen LogP contribution in [0.2, 0.25) is 10.6 Å². The minimum absolute atomic E-state index is 0.0630. The van der Waals surface area contributed by atoms with Crippen molar-refractivity contribution in [1.82, 2.24) is 34.4 Å². The largest absolute Gasteiger partial charge is 0.324 e. The Morgan fingerprint density at radius 2 is 0.756 bits per heavy atom. The van der Waals surface area contributed by atoms with Crippen LogP contribution in [-0.4, -0.2) is 51.0 Å². The lowest BCUT2D eigenvalue weighted by Crippen LogP contribution is -2.34. The highest BCUT2D eigenvalue weighted by molar-refractivity contribution is 6.28. The normalized spacial score (nSPS) is 11.2. The number of halogens is 2. The number of nitrogens with zero attached hydrogens (tertiary/aromatic N) is 7. The van der Waals surface area contributed by atoms with Crippen LogP contribution in [0.3, 0.4) is 0 Å². The van der Waals surface area contributed by atoms with Gasteiger partial charge >= 0.3 is 0 Å². The minimum atomic E-state index is 0.0630. The molecule has 0 bridgehead atoms. The molecule has 11 nitrogen and oxygen atoms in total. The Bertz CT molecular complexity index is 1640. The van der Waals surface area contributed by atoms with Crippen LogP contribution in [0, 0.1) is 6.92 Å². The van der Waals surface area contributed by atoms with Crippen LogP contribution in [0.25, 0.3) is 0 Å². The van der Waals surface area contributed by atoms with Crippen LogP contribution in [0.4, 0.5) is 52.2 Å². The smallest absolute Gasteiger partial charge is 0.233 e. The second-order valence-electron chi connectivity index (χ2n) is 10.0. The molecule has 2 heterocycles. The van der Waals surface area contributed by atoms with Crippen molar-refractivity contribution in [2.45, 2.75) is 6.92 Å². The summed E-state index contributed by atoms with van der Waals surface area (Å²) in [6.45, 7) is 2.02. The zero-order chi connectivity index (χ0) is 29.0. The van der Waals surface area contributed by atoms with Crippen LogP contribution >= 0.6 is 23.2 Å². The Balaban J connectivity index is 1.24. The Labute approximate surface area is 247 Å². The summed E-state index contributed by atoms with van der Waals surface area (Å²) in [6.07, 6.45) is 0. The zero-order valence-electron chi connectivity index (χ0n) is 22.8. The van der Waals surface area contributed by atoms with Gasteiger partial charge in [-0.3, -0.25) is 4.48 Å². The van der Waals surface area contributed by atoms with Gasteiger partial charge in [0.05, 0.1) is 21.1 Å². The summed E-state index contributed by atoms with van der Waals surface area (Å²) in [4.78, 5) is 25.6. The van der Waals surface area contributed by atoms with E-state index in [-0.39, 0.29) is 10.6 Å². The molecule has 0 saturated carbocycles. The van der Waals surface area contributed by atoms with Gasteiger partial charge in [0.2, 0.25) is 34.4 Å². The fraction of sp³-hybridized carbons (Fsp3) is 0.143. The highest BCUT2D eigenvalue weighted by Crippen LogP contribution is 2.24. The molecule has 5 aromatic rings. The predicted molar refractivity (Wildman–Crippen MR) is 166 cm³/mol. The van der Waals surface area contributed by atoms with E-state index >= 15 is 0 Å². The molecule has 13 heteroatoms. The lowest BCUT2D eigenvalue weighted by atomic mass is 10.2. The molecular formula is C28H28Cl2N11+. The second-order valence-corrected chi connectivity index (χ2v) is 10.7. The molecule has 2 aromatic heterocycles. The van der Waals surface area contributed by atoms with Gasteiger partial charge in [0.1, 0.15) is 5.69 Å². The van der Waals surface area contributed by atoms with Gasteiger partial charge in [-0.15, -0.1) is 0 Å². The molecule has 208 valence electrons. The van der Waals surface area contributed by atoms with E-state index in [1.54, 1.807) is 0 Å². The molecule has 0 radical (unpaired) electrons. The van der Waals surface area contributed by atoms with Crippen LogP contribution in [-0.2, 0) is 0 Å². The maximum absolute atomic E-state index is 6.18. The van der Waals surface area contributed by atoms with Gasteiger partial charge in [-0.25, -0.2) is 0 Å². The van der Waals surface area contributed by atoms with Crippen molar-refractivity contribution in [3.05, 3.63) is 88.9 Å². The third-order valence-corrected chi connectivity index (χ3v) is 6.16. The number of rotatable bonds is 9. The summed E-state index contributed by atoms with van der Waals surface area (Å²) in [5, 5.41) is 12.7. The van der Waals surface area contributed by atoms with E-state index in [4.69, 9.17) is 23.2 Å². The number of nitrogens with one attached hydrogen (secondary N) is 4. The fourth-order valence-electron chi connectivity index (χ4n) is 3.71. The van der Waals surface area contributed by atoms with Crippen molar-refractivity contribution in [3.63, 3.8) is 0 Å². The summed E-state index contributed by atoms with van der Waals surface area (Å²) < 4.78 is 0.718. The third kappa shape index (κ3) is 7.76. The van der Waals surface area contributed by atoms with Gasteiger partial charge in [-0.1, -0.05) is 17.7 Å². The summed E-state index contributed by atoms with van der Waals surface area (Å²) in [6, 6.07) is 23.3. The lowest BCUT2D eigenvalue weighted by molar-refractivity contribution is 0.486. The van der Waals surface area contributed by atoms with E-state index < -0.39 is 0 Å². The molecule has 41 heavy (non-hydrogen) atoms. The number of aryl methyl sites for hydroxylation is 1. The second kappa shape index (κ2) is 11.9. The number of hydrogen-bond acceptors (Lipinski definition) is 10. The quantitative estimate of drug-likeness (QED) is 0.136. The first-order valence-corrected chi connectivity index (χ1v) is 13.3. The van der Waals surface area contributed by atoms with Gasteiger partial charge in [0, 0.05) is 34.9 Å². The molecule has 0 atom stereocenters. The molecule has 3 aromatic carbocycles. The van der Waals surface area contributed by atoms with E-state index in [0.717, 1.165) is 32.8 Å². The summed E-state index contributed by atoms with van der Waals surface area (Å²) in [5.74, 6) is 1.25. The topological polar surface area (TPSA) is 125 Å². The maximum atomic E-state index is 6.18. The maximum Gasteiger partial charge on any atom is 0.233 e. The molecule has 0 aliphatic carbocycles. The van der Waals surface area contributed by atoms with Crippen LogP contribution < -0.4 is 25.8 Å². The first kappa shape index (κ1) is 28.0. The Kier molecular flexibility index (Phi) is 8.11. The molecular weight excluding hydrogens is 561 g/mol. The Morgan fingerprint density at radius 3 is 1.07 bits per heavy atom. The fourth-order valence-corrected chi connectivity index (χ4v) is 4.03. The predicted octanol–water partition coefficient (Wildman–Crippen LogP) is 6.84. The Hall–Kier alpha value is -4.58. The first-order chi connectivity index (χ1) is 19.6. The number of hydrogen-bond donors (Lipinski definition) is 4. The van der Waals surface area contributed by atoms with E-state index in [1.807, 2.05) is 79.7 Å². The van der Waals surface area contributed by atoms with E-state index in [1.165, 1.54) is 5.69 Å². The van der Waals surface area contributed by atoms with Gasteiger partial charge < -0.3 is 21.3 Å². The lowest BCUT2D eigenvalue weighted by Gasteiger charge is -2.23. The Morgan fingerprint density at radius 1 is 0.463 bits per heavy atom. The standard InChI is InChI=1S/C28H28Cl2N11/c1-17-5-7-18(8-6-17)31-25-35-23(29)36-26(39-25)32-19-9-11-20(12-10-19)33-27-37-24(30)38-28(40-27)34-21-13-15-22(16-14-21)41(2,3)4/h5-16H,1-4H3,(H2,31,32,35,36,39)(H2,33,34,37,38,40)/q+1. The van der Waals surface area contributed by atoms with E-state index in [2.05, 4.69) is 72.3 Å². The summed E-state index contributed by atoms with van der Waals surface area (Å²) >= 11 is 12.3. The molecule has 0 aliphatic rings. The molecule has 4 N–H and O–H groups in total. The summed E-state index contributed by atoms with van der Waals surface area (Å²) in [5.41, 5.74) is 5.48. The molecule has 0 unspecified atom stereocenters. The third-order valence-electron chi connectivity index (χ3n) is 5.82. The molecule has 0 spiro atoms. The van der Waals surface area contributed by atoms with Crippen molar-refractivity contribution in [2.75, 3.05) is 42.4 Å². The van der Waals surface area contributed by atoms with Crippen molar-refractivity contribution >= 4 is 75.4 Å². The van der Waals surface area contributed by atoms with E-state index in [0.29, 0.717) is 23.8 Å². The van der Waals surface area contributed by atoms with Crippen LogP contribution in [0.15, 0.2) is 72.8 Å². The van der Waals surface area contributed by atoms with E-state index in [9.17, 15) is 0 Å². The van der Waals surface area contributed by atoms with Crippen molar-refractivity contribution in [3.8, 4) is 0 Å². The van der Waals surface area contributed by atoms with Crippen molar-refractivity contribution in [2.24, 2.45) is 0 Å². The highest BCUT2D eigenvalue weighted by atomic mass is 35.5. The summed E-state index contributed by atoms with van der Waals surface area (Å²) in [7, 11) is 6.33. The molecule has 0 saturated heterocycles. The van der Waals surface area contributed by atoms with Gasteiger partial charge in [0.25, 0.3) is 0 Å². The SMILES string of the molecule is Cc1ccc(Nc2nc(Cl)nc(Nc3ccc(Nc4nc(Cl)nc(Nc5ccc([N+](C)(C)C)cc5)n4)cc3)n2)cc1. The first-order valence-electron chi connectivity index (χ1n) is 12.6. The molecule has 0 amide bonds. The molecule has 0 aliphatic heterocycles. The zero-order valence-corrected chi connectivity index (χ0v) is 24.3. The van der Waals surface area contributed by atoms with Crippen molar-refractivity contribution < 1.29 is 0 Å². The van der Waals surface area contributed by atoms with Gasteiger partial charge in [0.15, 0.2) is 0 Å². The monoisotopic (exact) mass is 588 g/mol. The average Bonchev–Trinajstić information content (AvgIpc) is 2.90. The highest BCUT2D eigenvalue weighted by Gasteiger charge is 2.12. The van der Waals surface area contributed by atoms with Crippen LogP contribution in [0.1, 0.15) is 5.56 Å². The number of aromatic nitrogens is 6. The average molecular weight is 590 g/mol. The molecule has 0 fully saturated rings. The number of benzene rings is 3. The van der Waals surface area contributed by atoms with Crippen LogP contribution in [0.5, 0.6) is 0 Å². The number of anilines is 8. The van der Waals surface area contributed by atoms with Gasteiger partial charge in [-0.2, -0.15) is 29.9 Å². The van der Waals surface area contributed by atoms with Gasteiger partial charge in [-0.05, 0) is 78.7 Å². The number of quaternary nitrogens is 1. The molecule has 5 rings (SSSR count). The van der Waals surface area contributed by atoms with Crippen molar-refractivity contribution in [1.29, 1.82) is 0 Å². The minimum Gasteiger partial charge on any atom is -0.324 e.